The average molecular weight is 352 g/mol. The number of pyridine rings is 1. The van der Waals surface area contributed by atoms with Gasteiger partial charge in [0.15, 0.2) is 5.65 Å². The van der Waals surface area contributed by atoms with E-state index in [1.165, 1.54) is 16.5 Å². The molecule has 2 N–H and O–H groups in total. The van der Waals surface area contributed by atoms with Crippen molar-refractivity contribution in [3.8, 4) is 17.0 Å². The van der Waals surface area contributed by atoms with E-state index in [0.717, 1.165) is 11.8 Å². The minimum absolute atomic E-state index is 0.207. The summed E-state index contributed by atoms with van der Waals surface area (Å²) in [4.78, 5) is 20.5. The third kappa shape index (κ3) is 2.86. The molecular weight excluding hydrogens is 339 g/mol. The molecule has 4 rings (SSSR count). The van der Waals surface area contributed by atoms with Crippen LogP contribution >= 0.6 is 0 Å². The number of rotatable bonds is 4. The summed E-state index contributed by atoms with van der Waals surface area (Å²) in [6.07, 6.45) is 1.07. The summed E-state index contributed by atoms with van der Waals surface area (Å²) < 4.78 is 19.6. The molecule has 0 radical (unpaired) electrons. The van der Waals surface area contributed by atoms with Gasteiger partial charge in [0, 0.05) is 11.6 Å². The van der Waals surface area contributed by atoms with E-state index in [-0.39, 0.29) is 5.95 Å². The summed E-state index contributed by atoms with van der Waals surface area (Å²) in [5, 5.41) is 9.31. The zero-order valence-corrected chi connectivity index (χ0v) is 13.6. The molecule has 3 heterocycles. The topological polar surface area (TPSA) is 97.2 Å². The Balaban J connectivity index is 1.85. The van der Waals surface area contributed by atoms with Crippen LogP contribution in [0.4, 0.5) is 16.2 Å². The number of ether oxygens (including phenoxy) is 1. The Morgan fingerprint density at radius 2 is 2.12 bits per heavy atom. The summed E-state index contributed by atoms with van der Waals surface area (Å²) in [7, 11) is 1.58. The molecule has 0 aliphatic rings. The van der Waals surface area contributed by atoms with Crippen LogP contribution in [-0.4, -0.2) is 31.7 Å². The van der Waals surface area contributed by atoms with Crippen LogP contribution < -0.4 is 15.7 Å². The molecule has 0 amide bonds. The van der Waals surface area contributed by atoms with Gasteiger partial charge in [0.25, 0.3) is 0 Å². The van der Waals surface area contributed by atoms with E-state index in [1.54, 1.807) is 13.2 Å². The third-order valence-electron chi connectivity index (χ3n) is 3.74. The predicted octanol–water partition coefficient (Wildman–Crippen LogP) is 2.37. The second kappa shape index (κ2) is 6.28. The molecule has 0 bridgehead atoms. The fourth-order valence-electron chi connectivity index (χ4n) is 2.51. The van der Waals surface area contributed by atoms with E-state index >= 15 is 0 Å². The number of aromatic amines is 1. The molecule has 0 fully saturated rings. The number of aromatic nitrogens is 5. The van der Waals surface area contributed by atoms with E-state index < -0.39 is 11.5 Å². The highest BCUT2D eigenvalue weighted by atomic mass is 19.1. The molecule has 8 nitrogen and oxygen atoms in total. The smallest absolute Gasteiger partial charge is 0.350 e. The summed E-state index contributed by atoms with van der Waals surface area (Å²) in [6, 6.07) is 11.7. The predicted molar refractivity (Wildman–Crippen MR) is 93.1 cm³/mol. The standard InChI is InChI=1S/C17H13FN6O2/c1-26-12-4-2-3-10(7-12)13-8-15-22-23-17(25)24(15)16(20-13)21-14-6-5-11(18)9-19-14/h2-9H,1H3,(H,23,25)(H,19,20,21). The lowest BCUT2D eigenvalue weighted by Gasteiger charge is -2.09. The Bertz CT molecular complexity index is 1140. The van der Waals surface area contributed by atoms with Crippen LogP contribution in [0.15, 0.2) is 53.5 Å². The molecule has 4 aromatic rings. The fraction of sp³-hybridized carbons (Fsp3) is 0.0588. The van der Waals surface area contributed by atoms with Crippen molar-refractivity contribution in [2.75, 3.05) is 12.4 Å². The lowest BCUT2D eigenvalue weighted by Crippen LogP contribution is -2.15. The van der Waals surface area contributed by atoms with Crippen molar-refractivity contribution in [1.82, 2.24) is 24.6 Å². The van der Waals surface area contributed by atoms with Gasteiger partial charge in [-0.25, -0.2) is 28.7 Å². The minimum atomic E-state index is -0.459. The first-order valence-corrected chi connectivity index (χ1v) is 7.65. The second-order valence-corrected chi connectivity index (χ2v) is 5.41. The van der Waals surface area contributed by atoms with Gasteiger partial charge in [-0.05, 0) is 24.3 Å². The molecule has 0 saturated carbocycles. The van der Waals surface area contributed by atoms with Crippen LogP contribution in [0.5, 0.6) is 5.75 Å². The second-order valence-electron chi connectivity index (χ2n) is 5.41. The zero-order chi connectivity index (χ0) is 18.1. The van der Waals surface area contributed by atoms with Crippen LogP contribution in [0.25, 0.3) is 16.9 Å². The van der Waals surface area contributed by atoms with Crippen LogP contribution in [0.2, 0.25) is 0 Å². The molecule has 0 aliphatic heterocycles. The maximum atomic E-state index is 13.1. The molecular formula is C17H13FN6O2. The van der Waals surface area contributed by atoms with Gasteiger partial charge in [0.2, 0.25) is 5.95 Å². The van der Waals surface area contributed by atoms with Crippen LogP contribution in [0, 0.1) is 5.82 Å². The van der Waals surface area contributed by atoms with Crippen molar-refractivity contribution in [3.05, 3.63) is 65.0 Å². The first kappa shape index (κ1) is 15.8. The maximum absolute atomic E-state index is 13.1. The molecule has 0 atom stereocenters. The van der Waals surface area contributed by atoms with E-state index in [2.05, 4.69) is 25.5 Å². The Morgan fingerprint density at radius 3 is 2.88 bits per heavy atom. The number of methoxy groups -OCH3 is 1. The number of nitrogens with one attached hydrogen (secondary N) is 2. The Labute approximate surface area is 146 Å². The van der Waals surface area contributed by atoms with Gasteiger partial charge in [-0.1, -0.05) is 12.1 Å². The molecule has 3 aromatic heterocycles. The number of benzene rings is 1. The van der Waals surface area contributed by atoms with Crippen molar-refractivity contribution < 1.29 is 9.13 Å². The number of halogens is 1. The fourth-order valence-corrected chi connectivity index (χ4v) is 2.51. The molecule has 9 heteroatoms. The first-order valence-electron chi connectivity index (χ1n) is 7.65. The monoisotopic (exact) mass is 352 g/mol. The number of anilines is 2. The third-order valence-corrected chi connectivity index (χ3v) is 3.74. The molecule has 1 aromatic carbocycles. The van der Waals surface area contributed by atoms with Gasteiger partial charge < -0.3 is 10.1 Å². The SMILES string of the molecule is COc1cccc(-c2cc3n[nH]c(=O)n3c(Nc3ccc(F)cn3)n2)c1. The van der Waals surface area contributed by atoms with Crippen LogP contribution in [0.3, 0.4) is 0 Å². The normalized spacial score (nSPS) is 10.8. The van der Waals surface area contributed by atoms with Crippen molar-refractivity contribution in [2.45, 2.75) is 0 Å². The number of nitrogens with zero attached hydrogens (tertiary/aromatic N) is 4. The van der Waals surface area contributed by atoms with Crippen molar-refractivity contribution in [1.29, 1.82) is 0 Å². The van der Waals surface area contributed by atoms with Crippen LogP contribution in [0.1, 0.15) is 0 Å². The number of H-pyrrole nitrogens is 1. The average Bonchev–Trinajstić information content (AvgIpc) is 3.05. The molecule has 0 unspecified atom stereocenters. The maximum Gasteiger partial charge on any atom is 0.350 e. The number of hydrogen-bond acceptors (Lipinski definition) is 6. The van der Waals surface area contributed by atoms with Gasteiger partial charge in [-0.3, -0.25) is 0 Å². The summed E-state index contributed by atoms with van der Waals surface area (Å²) in [5.74, 6) is 0.770. The number of hydrogen-bond donors (Lipinski definition) is 2. The van der Waals surface area contributed by atoms with Gasteiger partial charge >= 0.3 is 5.69 Å². The minimum Gasteiger partial charge on any atom is -0.497 e. The Morgan fingerprint density at radius 1 is 1.23 bits per heavy atom. The highest BCUT2D eigenvalue weighted by Crippen LogP contribution is 2.25. The van der Waals surface area contributed by atoms with Crippen molar-refractivity contribution in [3.63, 3.8) is 0 Å². The Hall–Kier alpha value is -3.75. The lowest BCUT2D eigenvalue weighted by atomic mass is 10.1. The highest BCUT2D eigenvalue weighted by molar-refractivity contribution is 5.68. The van der Waals surface area contributed by atoms with Crippen molar-refractivity contribution >= 4 is 17.4 Å². The summed E-state index contributed by atoms with van der Waals surface area (Å²) in [6.45, 7) is 0. The molecule has 0 aliphatic carbocycles. The molecule has 130 valence electrons. The molecule has 0 spiro atoms. The van der Waals surface area contributed by atoms with Gasteiger partial charge in [-0.2, -0.15) is 5.10 Å². The first-order chi connectivity index (χ1) is 12.6. The van der Waals surface area contributed by atoms with E-state index in [1.807, 2.05) is 24.3 Å². The molecule has 26 heavy (non-hydrogen) atoms. The van der Waals surface area contributed by atoms with E-state index in [4.69, 9.17) is 4.74 Å². The lowest BCUT2D eigenvalue weighted by molar-refractivity contribution is 0.415. The quantitative estimate of drug-likeness (QED) is 0.585. The Kier molecular flexibility index (Phi) is 3.81. The van der Waals surface area contributed by atoms with Gasteiger partial charge in [-0.15, -0.1) is 0 Å². The summed E-state index contributed by atoms with van der Waals surface area (Å²) >= 11 is 0. The van der Waals surface area contributed by atoms with Gasteiger partial charge in [0.1, 0.15) is 17.4 Å². The van der Waals surface area contributed by atoms with Crippen LogP contribution in [-0.2, 0) is 0 Å². The van der Waals surface area contributed by atoms with E-state index in [0.29, 0.717) is 22.9 Å². The summed E-state index contributed by atoms with van der Waals surface area (Å²) in [5.41, 5.74) is 1.30. The molecule has 0 saturated heterocycles. The van der Waals surface area contributed by atoms with E-state index in [9.17, 15) is 9.18 Å². The largest absolute Gasteiger partial charge is 0.497 e. The van der Waals surface area contributed by atoms with Gasteiger partial charge in [0.05, 0.1) is 19.0 Å². The highest BCUT2D eigenvalue weighted by Gasteiger charge is 2.13. The zero-order valence-electron chi connectivity index (χ0n) is 13.6. The number of fused-ring (bicyclic) bond motifs is 1. The van der Waals surface area contributed by atoms with Crippen molar-refractivity contribution in [2.24, 2.45) is 0 Å².